The summed E-state index contributed by atoms with van der Waals surface area (Å²) in [5.74, 6) is -0.0492. The van der Waals surface area contributed by atoms with Crippen LogP contribution in [0.5, 0.6) is 0 Å². The highest BCUT2D eigenvalue weighted by Gasteiger charge is 2.12. The van der Waals surface area contributed by atoms with Crippen LogP contribution in [-0.2, 0) is 11.2 Å². The van der Waals surface area contributed by atoms with Crippen LogP contribution >= 0.6 is 0 Å². The smallest absolute Gasteiger partial charge is 0.255 e. The van der Waals surface area contributed by atoms with Crippen LogP contribution in [0.4, 0.5) is 0 Å². The zero-order valence-corrected chi connectivity index (χ0v) is 14.4. The van der Waals surface area contributed by atoms with Crippen molar-refractivity contribution in [3.63, 3.8) is 0 Å². The number of aryl methyl sites for hydroxylation is 1. The number of hydrogen-bond donors (Lipinski definition) is 2. The van der Waals surface area contributed by atoms with Crippen molar-refractivity contribution in [1.82, 2.24) is 20.4 Å². The number of carbonyl (C=O) groups is 2. The van der Waals surface area contributed by atoms with Crippen LogP contribution in [0.25, 0.3) is 5.69 Å². The molecule has 0 saturated heterocycles. The van der Waals surface area contributed by atoms with Crippen LogP contribution in [0.15, 0.2) is 59.3 Å². The number of aromatic nitrogens is 2. The number of benzene rings is 1. The van der Waals surface area contributed by atoms with Gasteiger partial charge in [-0.1, -0.05) is 18.2 Å². The van der Waals surface area contributed by atoms with Gasteiger partial charge in [0.15, 0.2) is 0 Å². The molecule has 0 aliphatic rings. The van der Waals surface area contributed by atoms with Gasteiger partial charge in [0.05, 0.1) is 29.8 Å². The van der Waals surface area contributed by atoms with E-state index in [0.717, 1.165) is 11.4 Å². The quantitative estimate of drug-likeness (QED) is 0.679. The van der Waals surface area contributed by atoms with Crippen LogP contribution in [0.1, 0.15) is 21.8 Å². The van der Waals surface area contributed by atoms with E-state index in [2.05, 4.69) is 15.7 Å². The summed E-state index contributed by atoms with van der Waals surface area (Å²) < 4.78 is 6.87. The minimum Gasteiger partial charge on any atom is -0.469 e. The van der Waals surface area contributed by atoms with Crippen molar-refractivity contribution in [2.75, 3.05) is 13.1 Å². The molecule has 2 amide bonds. The topological polar surface area (TPSA) is 89.2 Å². The molecule has 134 valence electrons. The maximum atomic E-state index is 11.9. The molecule has 0 aliphatic heterocycles. The number of para-hydroxylation sites is 1. The molecule has 3 rings (SSSR count). The van der Waals surface area contributed by atoms with Gasteiger partial charge in [-0.05, 0) is 31.2 Å². The highest BCUT2D eigenvalue weighted by molar-refractivity contribution is 5.97. The van der Waals surface area contributed by atoms with Crippen LogP contribution < -0.4 is 10.6 Å². The Kier molecular flexibility index (Phi) is 5.48. The van der Waals surface area contributed by atoms with E-state index in [1.807, 2.05) is 42.6 Å². The van der Waals surface area contributed by atoms with Crippen LogP contribution in [0.3, 0.4) is 0 Å². The molecule has 0 aliphatic carbocycles. The highest BCUT2D eigenvalue weighted by atomic mass is 16.3. The summed E-state index contributed by atoms with van der Waals surface area (Å²) in [6.07, 6.45) is 3.94. The normalized spacial score (nSPS) is 10.5. The van der Waals surface area contributed by atoms with E-state index in [1.165, 1.54) is 6.26 Å². The van der Waals surface area contributed by atoms with Crippen molar-refractivity contribution >= 4 is 11.8 Å². The molecule has 0 atom stereocenters. The van der Waals surface area contributed by atoms with E-state index in [9.17, 15) is 9.59 Å². The molecular formula is C19H20N4O3. The summed E-state index contributed by atoms with van der Waals surface area (Å²) in [5.41, 5.74) is 2.30. The molecule has 0 fully saturated rings. The van der Waals surface area contributed by atoms with Gasteiger partial charge in [0, 0.05) is 19.2 Å². The van der Waals surface area contributed by atoms with Gasteiger partial charge in [0.1, 0.15) is 5.76 Å². The fourth-order valence-corrected chi connectivity index (χ4v) is 2.49. The lowest BCUT2D eigenvalue weighted by atomic mass is 10.2. The maximum absolute atomic E-state index is 11.9. The third-order valence-corrected chi connectivity index (χ3v) is 3.88. The summed E-state index contributed by atoms with van der Waals surface area (Å²) in [7, 11) is 0. The van der Waals surface area contributed by atoms with E-state index in [0.29, 0.717) is 24.3 Å². The molecule has 0 saturated carbocycles. The fourth-order valence-electron chi connectivity index (χ4n) is 2.49. The molecule has 0 radical (unpaired) electrons. The van der Waals surface area contributed by atoms with Crippen LogP contribution in [0, 0.1) is 6.92 Å². The van der Waals surface area contributed by atoms with Crippen molar-refractivity contribution in [3.05, 3.63) is 71.9 Å². The predicted octanol–water partition coefficient (Wildman–Crippen LogP) is 1.86. The standard InChI is InChI=1S/C19H20N4O3/c1-14-17(9-12-26-14)19(25)21-13-18(24)20-10-7-15-8-11-23(22-15)16-5-3-2-4-6-16/h2-6,8-9,11-12H,7,10,13H2,1H3,(H,20,24)(H,21,25). The molecule has 2 N–H and O–H groups in total. The number of carbonyl (C=O) groups excluding carboxylic acids is 2. The van der Waals surface area contributed by atoms with Crippen molar-refractivity contribution in [2.45, 2.75) is 13.3 Å². The lowest BCUT2D eigenvalue weighted by molar-refractivity contribution is -0.120. The van der Waals surface area contributed by atoms with E-state index in [-0.39, 0.29) is 18.4 Å². The number of amides is 2. The molecule has 3 aromatic rings. The Balaban J connectivity index is 1.41. The second kappa shape index (κ2) is 8.15. The Bertz CT molecular complexity index is 883. The first-order chi connectivity index (χ1) is 12.6. The van der Waals surface area contributed by atoms with E-state index >= 15 is 0 Å². The van der Waals surface area contributed by atoms with E-state index in [4.69, 9.17) is 4.42 Å². The summed E-state index contributed by atoms with van der Waals surface area (Å²) in [6.45, 7) is 2.07. The van der Waals surface area contributed by atoms with Crippen molar-refractivity contribution in [1.29, 1.82) is 0 Å². The SMILES string of the molecule is Cc1occc1C(=O)NCC(=O)NCCc1ccn(-c2ccccc2)n1. The molecular weight excluding hydrogens is 332 g/mol. The third-order valence-electron chi connectivity index (χ3n) is 3.88. The number of nitrogens with one attached hydrogen (secondary N) is 2. The Morgan fingerprint density at radius 2 is 1.92 bits per heavy atom. The summed E-state index contributed by atoms with van der Waals surface area (Å²) in [6, 6.07) is 13.3. The lowest BCUT2D eigenvalue weighted by Crippen LogP contribution is -2.37. The lowest BCUT2D eigenvalue weighted by Gasteiger charge is -2.06. The number of furan rings is 1. The van der Waals surface area contributed by atoms with Gasteiger partial charge in [-0.15, -0.1) is 0 Å². The van der Waals surface area contributed by atoms with Gasteiger partial charge in [-0.3, -0.25) is 9.59 Å². The first-order valence-electron chi connectivity index (χ1n) is 8.32. The predicted molar refractivity (Wildman–Crippen MR) is 96.1 cm³/mol. The zero-order chi connectivity index (χ0) is 18.4. The monoisotopic (exact) mass is 352 g/mol. The van der Waals surface area contributed by atoms with Crippen LogP contribution in [0.2, 0.25) is 0 Å². The highest BCUT2D eigenvalue weighted by Crippen LogP contribution is 2.08. The Morgan fingerprint density at radius 3 is 2.65 bits per heavy atom. The molecule has 1 aromatic carbocycles. The van der Waals surface area contributed by atoms with Crippen molar-refractivity contribution in [3.8, 4) is 5.69 Å². The molecule has 26 heavy (non-hydrogen) atoms. The summed E-state index contributed by atoms with van der Waals surface area (Å²) >= 11 is 0. The van der Waals surface area contributed by atoms with Gasteiger partial charge < -0.3 is 15.1 Å². The number of nitrogens with zero attached hydrogens (tertiary/aromatic N) is 2. The average Bonchev–Trinajstić information content (AvgIpc) is 3.29. The van der Waals surface area contributed by atoms with Crippen molar-refractivity contribution in [2.24, 2.45) is 0 Å². The number of rotatable bonds is 7. The summed E-state index contributed by atoms with van der Waals surface area (Å²) in [5, 5.41) is 9.82. The zero-order valence-electron chi connectivity index (χ0n) is 14.4. The van der Waals surface area contributed by atoms with Gasteiger partial charge in [0.25, 0.3) is 5.91 Å². The van der Waals surface area contributed by atoms with E-state index in [1.54, 1.807) is 17.7 Å². The molecule has 7 heteroatoms. The minimum absolute atomic E-state index is 0.0814. The second-order valence-corrected chi connectivity index (χ2v) is 5.76. The van der Waals surface area contributed by atoms with Gasteiger partial charge >= 0.3 is 0 Å². The second-order valence-electron chi connectivity index (χ2n) is 5.76. The largest absolute Gasteiger partial charge is 0.469 e. The summed E-state index contributed by atoms with van der Waals surface area (Å²) in [4.78, 5) is 23.7. The molecule has 2 heterocycles. The van der Waals surface area contributed by atoms with Gasteiger partial charge in [-0.25, -0.2) is 4.68 Å². The minimum atomic E-state index is -0.326. The molecule has 0 bridgehead atoms. The molecule has 0 spiro atoms. The van der Waals surface area contributed by atoms with Gasteiger partial charge in [0.2, 0.25) is 5.91 Å². The third kappa shape index (κ3) is 4.38. The van der Waals surface area contributed by atoms with Crippen molar-refractivity contribution < 1.29 is 14.0 Å². The fraction of sp³-hybridized carbons (Fsp3) is 0.211. The van der Waals surface area contributed by atoms with Gasteiger partial charge in [-0.2, -0.15) is 5.10 Å². The first kappa shape index (κ1) is 17.5. The van der Waals surface area contributed by atoms with E-state index < -0.39 is 0 Å². The first-order valence-corrected chi connectivity index (χ1v) is 8.32. The molecule has 7 nitrogen and oxygen atoms in total. The maximum Gasteiger partial charge on any atom is 0.255 e. The van der Waals surface area contributed by atoms with Crippen LogP contribution in [-0.4, -0.2) is 34.7 Å². The molecule has 2 aromatic heterocycles. The number of hydrogen-bond acceptors (Lipinski definition) is 4. The average molecular weight is 352 g/mol. The molecule has 0 unspecified atom stereocenters. The Morgan fingerprint density at radius 1 is 1.12 bits per heavy atom. The Hall–Kier alpha value is -3.35. The Labute approximate surface area is 151 Å².